The van der Waals surface area contributed by atoms with Crippen LogP contribution in [0, 0.1) is 0 Å². The third-order valence-electron chi connectivity index (χ3n) is 4.01. The zero-order chi connectivity index (χ0) is 17.9. The van der Waals surface area contributed by atoms with Gasteiger partial charge >= 0.3 is 0 Å². The summed E-state index contributed by atoms with van der Waals surface area (Å²) < 4.78 is 24.2. The molecule has 0 saturated heterocycles. The number of fused-ring (bicyclic) bond motifs is 1. The molecule has 1 aliphatic rings. The molecule has 0 fully saturated rings. The lowest BCUT2D eigenvalue weighted by Crippen LogP contribution is -2.31. The Morgan fingerprint density at radius 3 is 2.88 bits per heavy atom. The van der Waals surface area contributed by atoms with Gasteiger partial charge in [-0.3, -0.25) is 9.59 Å². The van der Waals surface area contributed by atoms with E-state index in [0.29, 0.717) is 0 Å². The van der Waals surface area contributed by atoms with Gasteiger partial charge in [0.25, 0.3) is 11.5 Å². The molecule has 6 nitrogen and oxygen atoms in total. The molecule has 132 valence electrons. The smallest absolute Gasteiger partial charge is 0.261 e. The van der Waals surface area contributed by atoms with Crippen LogP contribution in [-0.4, -0.2) is 25.9 Å². The van der Waals surface area contributed by atoms with E-state index in [1.54, 1.807) is 17.5 Å². The van der Waals surface area contributed by atoms with Gasteiger partial charge in [-0.2, -0.15) is 0 Å². The van der Waals surface area contributed by atoms with E-state index in [1.165, 1.54) is 12.1 Å². The van der Waals surface area contributed by atoms with Crippen molar-refractivity contribution < 1.29 is 13.2 Å². The number of pyridine rings is 1. The summed E-state index contributed by atoms with van der Waals surface area (Å²) in [6, 6.07) is 4.83. The number of aromatic amines is 1. The predicted octanol–water partition coefficient (Wildman–Crippen LogP) is 2.03. The molecule has 0 aliphatic heterocycles. The third-order valence-corrected chi connectivity index (χ3v) is 6.91. The molecule has 25 heavy (non-hydrogen) atoms. The minimum absolute atomic E-state index is 0.0277. The molecule has 0 saturated carbocycles. The summed E-state index contributed by atoms with van der Waals surface area (Å²) in [5.41, 5.74) is 1.57. The first-order valence-electron chi connectivity index (χ1n) is 7.96. The number of amides is 1. The van der Waals surface area contributed by atoms with Crippen molar-refractivity contribution in [2.45, 2.75) is 29.9 Å². The first-order chi connectivity index (χ1) is 12.0. The monoisotopic (exact) mass is 378 g/mol. The summed E-state index contributed by atoms with van der Waals surface area (Å²) in [6.07, 6.45) is 5.13. The van der Waals surface area contributed by atoms with Crippen LogP contribution in [0.2, 0.25) is 0 Å². The van der Waals surface area contributed by atoms with Gasteiger partial charge in [0.1, 0.15) is 9.77 Å². The molecule has 2 aromatic heterocycles. The molecule has 0 unspecified atom stereocenters. The lowest BCUT2D eigenvalue weighted by Gasteiger charge is -2.15. The first-order valence-corrected chi connectivity index (χ1v) is 10.4. The van der Waals surface area contributed by atoms with E-state index in [9.17, 15) is 18.0 Å². The van der Waals surface area contributed by atoms with Gasteiger partial charge in [-0.15, -0.1) is 11.3 Å². The van der Waals surface area contributed by atoms with Crippen molar-refractivity contribution in [2.75, 3.05) is 6.54 Å². The Balaban J connectivity index is 1.65. The highest BCUT2D eigenvalue weighted by Gasteiger charge is 2.16. The van der Waals surface area contributed by atoms with Gasteiger partial charge < -0.3 is 10.3 Å². The van der Waals surface area contributed by atoms with Crippen molar-refractivity contribution in [1.82, 2.24) is 10.3 Å². The van der Waals surface area contributed by atoms with Crippen molar-refractivity contribution in [2.24, 2.45) is 0 Å². The highest BCUT2D eigenvalue weighted by Crippen LogP contribution is 2.19. The molecule has 0 bridgehead atoms. The fourth-order valence-corrected chi connectivity index (χ4v) is 4.83. The Kier molecular flexibility index (Phi) is 5.19. The van der Waals surface area contributed by atoms with E-state index < -0.39 is 21.3 Å². The average molecular weight is 378 g/mol. The van der Waals surface area contributed by atoms with Crippen LogP contribution in [0.1, 0.15) is 34.5 Å². The van der Waals surface area contributed by atoms with E-state index in [-0.39, 0.29) is 16.3 Å². The van der Waals surface area contributed by atoms with Gasteiger partial charge in [-0.1, -0.05) is 12.1 Å². The minimum atomic E-state index is -3.48. The molecule has 0 spiro atoms. The normalized spacial score (nSPS) is 14.4. The molecule has 2 aromatic rings. The lowest BCUT2D eigenvalue weighted by molar-refractivity contribution is 0.0956. The molecular weight excluding hydrogens is 360 g/mol. The summed E-state index contributed by atoms with van der Waals surface area (Å²) in [5, 5.41) is 5.31. The molecular formula is C17H18N2O4S2. The number of nitrogens with one attached hydrogen (secondary N) is 2. The Labute approximate surface area is 149 Å². The van der Waals surface area contributed by atoms with Crippen LogP contribution in [0.5, 0.6) is 0 Å². The van der Waals surface area contributed by atoms with E-state index in [0.717, 1.165) is 53.7 Å². The fraction of sp³-hybridized carbons (Fsp3) is 0.294. The number of sulfone groups is 1. The van der Waals surface area contributed by atoms with E-state index in [4.69, 9.17) is 0 Å². The second-order valence-corrected chi connectivity index (χ2v) is 8.79. The Morgan fingerprint density at radius 2 is 2.12 bits per heavy atom. The number of hydrogen-bond acceptors (Lipinski definition) is 5. The summed E-state index contributed by atoms with van der Waals surface area (Å²) >= 11 is 1.13. The number of H-pyrrole nitrogens is 1. The molecule has 3 rings (SSSR count). The molecule has 0 radical (unpaired) electrons. The number of rotatable bonds is 5. The van der Waals surface area contributed by atoms with Crippen molar-refractivity contribution >= 4 is 27.1 Å². The fourth-order valence-electron chi connectivity index (χ4n) is 2.76. The molecule has 0 aromatic carbocycles. The van der Waals surface area contributed by atoms with Gasteiger partial charge in [0.2, 0.25) is 9.84 Å². The average Bonchev–Trinajstić information content (AvgIpc) is 3.13. The van der Waals surface area contributed by atoms with Crippen LogP contribution >= 0.6 is 11.3 Å². The van der Waals surface area contributed by atoms with Crippen LogP contribution in [0.15, 0.2) is 44.1 Å². The van der Waals surface area contributed by atoms with E-state index in [1.807, 2.05) is 0 Å². The second kappa shape index (κ2) is 7.37. The standard InChI is InChI=1S/C17H18N2O4S2/c20-16(13-11-12-5-1-2-6-14(12)19-17(13)21)18-8-4-10-25(22,23)15-7-3-9-24-15/h3-4,7,9-11H,1-2,5-6,8H2,(H,18,20)(H,19,21)/b10-4+. The topological polar surface area (TPSA) is 96.1 Å². The number of thiophene rings is 1. The maximum Gasteiger partial charge on any atom is 0.261 e. The van der Waals surface area contributed by atoms with Crippen LogP contribution in [0.25, 0.3) is 0 Å². The number of carbonyl (C=O) groups excluding carboxylic acids is 1. The predicted molar refractivity (Wildman–Crippen MR) is 96.7 cm³/mol. The Morgan fingerprint density at radius 1 is 1.32 bits per heavy atom. The van der Waals surface area contributed by atoms with Crippen molar-refractivity contribution in [3.63, 3.8) is 0 Å². The summed E-state index contributed by atoms with van der Waals surface area (Å²) in [6.45, 7) is 0.0277. The second-order valence-electron chi connectivity index (χ2n) is 5.78. The zero-order valence-corrected chi connectivity index (χ0v) is 15.1. The van der Waals surface area contributed by atoms with Gasteiger partial charge in [0.15, 0.2) is 0 Å². The molecule has 0 atom stereocenters. The highest BCUT2D eigenvalue weighted by molar-refractivity contribution is 7.96. The first kappa shape index (κ1) is 17.6. The third kappa shape index (κ3) is 4.08. The Bertz CT molecular complexity index is 957. The van der Waals surface area contributed by atoms with Gasteiger partial charge in [0.05, 0.1) is 0 Å². The summed E-state index contributed by atoms with van der Waals surface area (Å²) in [4.78, 5) is 27.0. The van der Waals surface area contributed by atoms with Gasteiger partial charge in [-0.25, -0.2) is 8.42 Å². The summed E-state index contributed by atoms with van der Waals surface area (Å²) in [7, 11) is -3.48. The number of hydrogen-bond donors (Lipinski definition) is 2. The van der Waals surface area contributed by atoms with Crippen LogP contribution in [-0.2, 0) is 22.7 Å². The van der Waals surface area contributed by atoms with Gasteiger partial charge in [-0.05, 0) is 48.8 Å². The maximum absolute atomic E-state index is 12.2. The van der Waals surface area contributed by atoms with Gasteiger partial charge in [0, 0.05) is 17.6 Å². The number of aryl methyl sites for hydroxylation is 2. The van der Waals surface area contributed by atoms with Crippen molar-refractivity contribution in [1.29, 1.82) is 0 Å². The lowest BCUT2D eigenvalue weighted by atomic mass is 9.95. The molecule has 1 aliphatic carbocycles. The zero-order valence-electron chi connectivity index (χ0n) is 13.4. The molecule has 1 amide bonds. The van der Waals surface area contributed by atoms with E-state index >= 15 is 0 Å². The molecule has 2 heterocycles. The highest BCUT2D eigenvalue weighted by atomic mass is 32.2. The minimum Gasteiger partial charge on any atom is -0.348 e. The van der Waals surface area contributed by atoms with Crippen LogP contribution in [0.4, 0.5) is 0 Å². The van der Waals surface area contributed by atoms with Crippen molar-refractivity contribution in [3.05, 3.63) is 62.2 Å². The maximum atomic E-state index is 12.2. The number of carbonyl (C=O) groups is 1. The summed E-state index contributed by atoms with van der Waals surface area (Å²) in [5.74, 6) is -0.507. The quantitative estimate of drug-likeness (QED) is 0.832. The van der Waals surface area contributed by atoms with Crippen LogP contribution < -0.4 is 10.9 Å². The SMILES string of the molecule is O=C(NC/C=C/S(=O)(=O)c1cccs1)c1cc2c([nH]c1=O)CCCC2. The van der Waals surface area contributed by atoms with E-state index in [2.05, 4.69) is 10.3 Å². The number of aromatic nitrogens is 1. The molecule has 2 N–H and O–H groups in total. The van der Waals surface area contributed by atoms with Crippen LogP contribution in [0.3, 0.4) is 0 Å². The Hall–Kier alpha value is -2.19. The largest absolute Gasteiger partial charge is 0.348 e. The molecule has 8 heteroatoms. The van der Waals surface area contributed by atoms with Crippen molar-refractivity contribution in [3.8, 4) is 0 Å².